The van der Waals surface area contributed by atoms with Gasteiger partial charge in [0.2, 0.25) is 0 Å². The van der Waals surface area contributed by atoms with Crippen molar-refractivity contribution < 1.29 is 0 Å². The molecular formula is C19H26N4. The number of benzene rings is 1. The van der Waals surface area contributed by atoms with Crippen LogP contribution in [0.25, 0.3) is 0 Å². The maximum Gasteiger partial charge on any atom is 0.138 e. The average molecular weight is 310 g/mol. The smallest absolute Gasteiger partial charge is 0.138 e. The van der Waals surface area contributed by atoms with Gasteiger partial charge in [0.25, 0.3) is 0 Å². The molecule has 0 amide bonds. The van der Waals surface area contributed by atoms with E-state index >= 15 is 0 Å². The van der Waals surface area contributed by atoms with Gasteiger partial charge in [-0.05, 0) is 31.3 Å². The third-order valence-electron chi connectivity index (χ3n) is 4.65. The Morgan fingerprint density at radius 1 is 1.04 bits per heavy atom. The van der Waals surface area contributed by atoms with E-state index in [1.807, 2.05) is 12.3 Å². The molecule has 0 unspecified atom stereocenters. The van der Waals surface area contributed by atoms with Crippen LogP contribution >= 0.6 is 0 Å². The molecule has 0 atom stereocenters. The zero-order valence-corrected chi connectivity index (χ0v) is 14.4. The Kier molecular flexibility index (Phi) is 4.82. The van der Waals surface area contributed by atoms with Crippen molar-refractivity contribution in [1.29, 1.82) is 0 Å². The second-order valence-corrected chi connectivity index (χ2v) is 6.01. The minimum absolute atomic E-state index is 0.891. The van der Waals surface area contributed by atoms with Gasteiger partial charge in [0.05, 0.1) is 11.4 Å². The zero-order valence-electron chi connectivity index (χ0n) is 14.4. The van der Waals surface area contributed by atoms with Crippen LogP contribution in [0.4, 0.5) is 17.2 Å². The summed E-state index contributed by atoms with van der Waals surface area (Å²) in [6, 6.07) is 12.9. The highest BCUT2D eigenvalue weighted by Crippen LogP contribution is 2.38. The Bertz CT molecular complexity index is 651. The van der Waals surface area contributed by atoms with E-state index in [1.165, 1.54) is 16.9 Å². The molecule has 0 fully saturated rings. The summed E-state index contributed by atoms with van der Waals surface area (Å²) < 4.78 is 0. The van der Waals surface area contributed by atoms with Crippen molar-refractivity contribution in [2.75, 3.05) is 43.0 Å². The van der Waals surface area contributed by atoms with Crippen molar-refractivity contribution in [2.45, 2.75) is 20.4 Å². The molecule has 3 rings (SSSR count). The third kappa shape index (κ3) is 3.17. The monoisotopic (exact) mass is 310 g/mol. The summed E-state index contributed by atoms with van der Waals surface area (Å²) in [5.74, 6) is 1.09. The van der Waals surface area contributed by atoms with E-state index in [-0.39, 0.29) is 0 Å². The van der Waals surface area contributed by atoms with Crippen LogP contribution in [0, 0.1) is 0 Å². The molecule has 122 valence electrons. The van der Waals surface area contributed by atoms with Crippen molar-refractivity contribution in [2.24, 2.45) is 0 Å². The fourth-order valence-electron chi connectivity index (χ4n) is 3.27. The number of anilines is 3. The van der Waals surface area contributed by atoms with Crippen LogP contribution in [-0.2, 0) is 6.54 Å². The van der Waals surface area contributed by atoms with Gasteiger partial charge in [0.1, 0.15) is 5.82 Å². The molecule has 0 saturated carbocycles. The predicted octanol–water partition coefficient (Wildman–Crippen LogP) is 3.51. The van der Waals surface area contributed by atoms with E-state index in [4.69, 9.17) is 4.98 Å². The van der Waals surface area contributed by atoms with E-state index in [1.54, 1.807) is 0 Å². The van der Waals surface area contributed by atoms with Crippen molar-refractivity contribution in [1.82, 2.24) is 9.88 Å². The summed E-state index contributed by atoms with van der Waals surface area (Å²) in [5.41, 5.74) is 3.80. The first-order valence-electron chi connectivity index (χ1n) is 8.48. The molecule has 4 heteroatoms. The lowest BCUT2D eigenvalue weighted by Crippen LogP contribution is -2.33. The standard InChI is InChI=1S/C19H26N4/c1-4-22(5-2)13-14-23-18-11-7-6-10-17(18)21(3)15-16-9-8-12-20-19(16)23/h6-12H,4-5,13-15H2,1-3H3. The second kappa shape index (κ2) is 7.01. The highest BCUT2D eigenvalue weighted by molar-refractivity contribution is 5.79. The highest BCUT2D eigenvalue weighted by Gasteiger charge is 2.23. The SMILES string of the molecule is CCN(CC)CCN1c2ccccc2N(C)Cc2cccnc21. The summed E-state index contributed by atoms with van der Waals surface area (Å²) >= 11 is 0. The molecule has 2 heterocycles. The van der Waals surface area contributed by atoms with Gasteiger partial charge in [-0.3, -0.25) is 0 Å². The molecule has 1 aromatic heterocycles. The van der Waals surface area contributed by atoms with Gasteiger partial charge >= 0.3 is 0 Å². The van der Waals surface area contributed by atoms with E-state index in [9.17, 15) is 0 Å². The minimum atomic E-state index is 0.891. The van der Waals surface area contributed by atoms with Crippen LogP contribution in [-0.4, -0.2) is 43.1 Å². The van der Waals surface area contributed by atoms with Crippen LogP contribution < -0.4 is 9.80 Å². The maximum atomic E-state index is 4.70. The van der Waals surface area contributed by atoms with Gasteiger partial charge in [-0.15, -0.1) is 0 Å². The summed E-state index contributed by atoms with van der Waals surface area (Å²) in [6.07, 6.45) is 1.90. The molecule has 0 saturated heterocycles. The lowest BCUT2D eigenvalue weighted by molar-refractivity contribution is 0.312. The number of rotatable bonds is 5. The Hall–Kier alpha value is -2.07. The van der Waals surface area contributed by atoms with Crippen LogP contribution in [0.5, 0.6) is 0 Å². The number of pyridine rings is 1. The third-order valence-corrected chi connectivity index (χ3v) is 4.65. The average Bonchev–Trinajstić information content (AvgIpc) is 2.71. The molecule has 23 heavy (non-hydrogen) atoms. The van der Waals surface area contributed by atoms with Gasteiger partial charge in [-0.2, -0.15) is 0 Å². The van der Waals surface area contributed by atoms with Crippen LogP contribution in [0.2, 0.25) is 0 Å². The molecule has 1 aliphatic rings. The molecule has 0 spiro atoms. The largest absolute Gasteiger partial charge is 0.368 e. The first-order chi connectivity index (χ1) is 11.2. The van der Waals surface area contributed by atoms with Gasteiger partial charge in [-0.1, -0.05) is 32.0 Å². The summed E-state index contributed by atoms with van der Waals surface area (Å²) in [6.45, 7) is 9.50. The predicted molar refractivity (Wildman–Crippen MR) is 97.6 cm³/mol. The van der Waals surface area contributed by atoms with E-state index in [0.717, 1.165) is 38.5 Å². The Labute approximate surface area is 139 Å². The Morgan fingerprint density at radius 2 is 1.78 bits per heavy atom. The van der Waals surface area contributed by atoms with E-state index in [0.29, 0.717) is 0 Å². The normalized spacial score (nSPS) is 13.7. The van der Waals surface area contributed by atoms with Crippen LogP contribution in [0.15, 0.2) is 42.6 Å². The molecule has 0 radical (unpaired) electrons. The molecule has 1 aliphatic heterocycles. The minimum Gasteiger partial charge on any atom is -0.368 e. The number of fused-ring (bicyclic) bond motifs is 2. The van der Waals surface area contributed by atoms with Gasteiger partial charge in [0.15, 0.2) is 0 Å². The van der Waals surface area contributed by atoms with E-state index in [2.05, 4.69) is 65.9 Å². The lowest BCUT2D eigenvalue weighted by Gasteiger charge is -2.28. The zero-order chi connectivity index (χ0) is 16.2. The molecule has 2 aromatic rings. The number of aromatic nitrogens is 1. The van der Waals surface area contributed by atoms with Gasteiger partial charge < -0.3 is 14.7 Å². The molecule has 4 nitrogen and oxygen atoms in total. The van der Waals surface area contributed by atoms with Crippen molar-refractivity contribution in [3.05, 3.63) is 48.2 Å². The molecule has 0 N–H and O–H groups in total. The van der Waals surface area contributed by atoms with Crippen molar-refractivity contribution in [3.63, 3.8) is 0 Å². The van der Waals surface area contributed by atoms with Gasteiger partial charge in [-0.25, -0.2) is 4.98 Å². The first-order valence-corrected chi connectivity index (χ1v) is 8.48. The second-order valence-electron chi connectivity index (χ2n) is 6.01. The van der Waals surface area contributed by atoms with Crippen LogP contribution in [0.3, 0.4) is 0 Å². The van der Waals surface area contributed by atoms with Crippen LogP contribution in [0.1, 0.15) is 19.4 Å². The first kappa shape index (κ1) is 15.8. The number of hydrogen-bond acceptors (Lipinski definition) is 4. The summed E-state index contributed by atoms with van der Waals surface area (Å²) in [4.78, 5) is 11.9. The lowest BCUT2D eigenvalue weighted by atomic mass is 10.2. The molecule has 0 aliphatic carbocycles. The summed E-state index contributed by atoms with van der Waals surface area (Å²) in [5, 5.41) is 0. The number of hydrogen-bond donors (Lipinski definition) is 0. The number of para-hydroxylation sites is 2. The highest BCUT2D eigenvalue weighted by atomic mass is 15.3. The Balaban J connectivity index is 2.00. The number of likely N-dealkylation sites (N-methyl/N-ethyl adjacent to an activating group) is 1. The summed E-state index contributed by atoms with van der Waals surface area (Å²) in [7, 11) is 2.16. The fraction of sp³-hybridized carbons (Fsp3) is 0.421. The number of nitrogens with zero attached hydrogens (tertiary/aromatic N) is 4. The Morgan fingerprint density at radius 3 is 2.52 bits per heavy atom. The maximum absolute atomic E-state index is 4.70. The quantitative estimate of drug-likeness (QED) is 0.843. The fourth-order valence-corrected chi connectivity index (χ4v) is 3.27. The van der Waals surface area contributed by atoms with E-state index < -0.39 is 0 Å². The van der Waals surface area contributed by atoms with Gasteiger partial charge in [0, 0.05) is 38.4 Å². The topological polar surface area (TPSA) is 22.6 Å². The molecule has 1 aromatic carbocycles. The molecule has 0 bridgehead atoms. The van der Waals surface area contributed by atoms with Crippen molar-refractivity contribution >= 4 is 17.2 Å². The van der Waals surface area contributed by atoms with Crippen molar-refractivity contribution in [3.8, 4) is 0 Å². The molecular weight excluding hydrogens is 284 g/mol.